The third kappa shape index (κ3) is 2.81. The number of hydrogen-bond donors (Lipinski definition) is 1. The molecular formula is C12H15N3OS. The first kappa shape index (κ1) is 12.0. The first-order valence-corrected chi connectivity index (χ1v) is 6.24. The molecule has 0 spiro atoms. The molecule has 0 bridgehead atoms. The van der Waals surface area contributed by atoms with E-state index in [0.717, 1.165) is 16.3 Å². The van der Waals surface area contributed by atoms with Crippen LogP contribution in [0.1, 0.15) is 22.3 Å². The summed E-state index contributed by atoms with van der Waals surface area (Å²) in [6.45, 7) is 1.98. The zero-order chi connectivity index (χ0) is 12.3. The Hall–Kier alpha value is -1.46. The van der Waals surface area contributed by atoms with Gasteiger partial charge in [0.15, 0.2) is 0 Å². The predicted octanol–water partition coefficient (Wildman–Crippen LogP) is 2.10. The van der Waals surface area contributed by atoms with E-state index in [1.54, 1.807) is 24.6 Å². The summed E-state index contributed by atoms with van der Waals surface area (Å²) in [5, 5.41) is 3.07. The van der Waals surface area contributed by atoms with Crippen LogP contribution >= 0.6 is 11.3 Å². The topological polar surface area (TPSA) is 61.0 Å². The van der Waals surface area contributed by atoms with Crippen LogP contribution < -0.4 is 10.5 Å². The van der Waals surface area contributed by atoms with Crippen LogP contribution in [0.25, 0.3) is 0 Å². The number of pyridine rings is 1. The lowest BCUT2D eigenvalue weighted by Crippen LogP contribution is -2.14. The van der Waals surface area contributed by atoms with Crippen molar-refractivity contribution < 1.29 is 4.74 Å². The number of aryl methyl sites for hydroxylation is 1. The maximum atomic E-state index is 6.16. The first-order valence-electron chi connectivity index (χ1n) is 5.36. The molecule has 90 valence electrons. The SMILES string of the molecule is COc1ncccc1C(N)Cc1nc(C)cs1. The minimum Gasteiger partial charge on any atom is -0.481 e. The molecule has 2 heterocycles. The molecule has 2 rings (SSSR count). The Balaban J connectivity index is 2.16. The number of aromatic nitrogens is 2. The van der Waals surface area contributed by atoms with Gasteiger partial charge in [0, 0.05) is 35.3 Å². The Kier molecular flexibility index (Phi) is 3.71. The third-order valence-electron chi connectivity index (χ3n) is 2.45. The first-order chi connectivity index (χ1) is 8.20. The fraction of sp³-hybridized carbons (Fsp3) is 0.333. The Morgan fingerprint density at radius 3 is 3.00 bits per heavy atom. The van der Waals surface area contributed by atoms with E-state index >= 15 is 0 Å². The molecule has 2 aromatic rings. The average molecular weight is 249 g/mol. The summed E-state index contributed by atoms with van der Waals surface area (Å²) in [7, 11) is 1.60. The number of rotatable bonds is 4. The highest BCUT2D eigenvalue weighted by Gasteiger charge is 2.14. The second-order valence-electron chi connectivity index (χ2n) is 3.80. The molecule has 0 saturated heterocycles. The number of ether oxygens (including phenoxy) is 1. The molecule has 0 aliphatic rings. The molecule has 1 unspecified atom stereocenters. The van der Waals surface area contributed by atoms with Crippen LogP contribution in [-0.4, -0.2) is 17.1 Å². The van der Waals surface area contributed by atoms with Crippen molar-refractivity contribution in [3.8, 4) is 5.88 Å². The van der Waals surface area contributed by atoms with Gasteiger partial charge in [-0.3, -0.25) is 0 Å². The van der Waals surface area contributed by atoms with E-state index < -0.39 is 0 Å². The molecule has 0 aliphatic heterocycles. The molecule has 0 aromatic carbocycles. The van der Waals surface area contributed by atoms with Crippen LogP contribution in [0.15, 0.2) is 23.7 Å². The van der Waals surface area contributed by atoms with Gasteiger partial charge < -0.3 is 10.5 Å². The second-order valence-corrected chi connectivity index (χ2v) is 4.74. The molecular weight excluding hydrogens is 234 g/mol. The van der Waals surface area contributed by atoms with Crippen molar-refractivity contribution in [1.82, 2.24) is 9.97 Å². The van der Waals surface area contributed by atoms with Crippen molar-refractivity contribution in [2.24, 2.45) is 5.73 Å². The summed E-state index contributed by atoms with van der Waals surface area (Å²) in [5.74, 6) is 0.591. The summed E-state index contributed by atoms with van der Waals surface area (Å²) in [6, 6.07) is 3.67. The maximum absolute atomic E-state index is 6.16. The van der Waals surface area contributed by atoms with Gasteiger partial charge in [-0.1, -0.05) is 6.07 Å². The van der Waals surface area contributed by atoms with Crippen molar-refractivity contribution in [1.29, 1.82) is 0 Å². The van der Waals surface area contributed by atoms with E-state index in [1.807, 2.05) is 24.4 Å². The van der Waals surface area contributed by atoms with Crippen molar-refractivity contribution in [3.63, 3.8) is 0 Å². The Morgan fingerprint density at radius 1 is 1.53 bits per heavy atom. The molecule has 0 fully saturated rings. The van der Waals surface area contributed by atoms with E-state index in [9.17, 15) is 0 Å². The van der Waals surface area contributed by atoms with Gasteiger partial charge in [-0.2, -0.15) is 0 Å². The van der Waals surface area contributed by atoms with Gasteiger partial charge in [0.05, 0.1) is 12.1 Å². The predicted molar refractivity (Wildman–Crippen MR) is 68.3 cm³/mol. The smallest absolute Gasteiger partial charge is 0.217 e. The van der Waals surface area contributed by atoms with Crippen molar-refractivity contribution >= 4 is 11.3 Å². The molecule has 0 radical (unpaired) electrons. The quantitative estimate of drug-likeness (QED) is 0.901. The standard InChI is InChI=1S/C12H15N3OS/c1-8-7-17-11(15-8)6-10(13)9-4-3-5-14-12(9)16-2/h3-5,7,10H,6,13H2,1-2H3. The lowest BCUT2D eigenvalue weighted by atomic mass is 10.1. The van der Waals surface area contributed by atoms with Crippen molar-refractivity contribution in [2.75, 3.05) is 7.11 Å². The molecule has 2 N–H and O–H groups in total. The number of thiazole rings is 1. The lowest BCUT2D eigenvalue weighted by molar-refractivity contribution is 0.388. The van der Waals surface area contributed by atoms with E-state index in [2.05, 4.69) is 9.97 Å². The Morgan fingerprint density at radius 2 is 2.35 bits per heavy atom. The Bertz CT molecular complexity index is 498. The molecule has 0 saturated carbocycles. The summed E-state index contributed by atoms with van der Waals surface area (Å²) >= 11 is 1.63. The average Bonchev–Trinajstić information content (AvgIpc) is 2.74. The van der Waals surface area contributed by atoms with Crippen LogP contribution in [0.3, 0.4) is 0 Å². The number of hydrogen-bond acceptors (Lipinski definition) is 5. The normalized spacial score (nSPS) is 12.4. The van der Waals surface area contributed by atoms with Crippen LogP contribution in [0.2, 0.25) is 0 Å². The van der Waals surface area contributed by atoms with E-state index in [0.29, 0.717) is 12.3 Å². The maximum Gasteiger partial charge on any atom is 0.217 e. The van der Waals surface area contributed by atoms with Crippen LogP contribution in [0.4, 0.5) is 0 Å². The summed E-state index contributed by atoms with van der Waals surface area (Å²) in [5.41, 5.74) is 8.12. The molecule has 1 atom stereocenters. The van der Waals surface area contributed by atoms with Gasteiger partial charge >= 0.3 is 0 Å². The summed E-state index contributed by atoms with van der Waals surface area (Å²) < 4.78 is 5.20. The molecule has 5 heteroatoms. The largest absolute Gasteiger partial charge is 0.481 e. The molecule has 0 amide bonds. The van der Waals surface area contributed by atoms with E-state index in [-0.39, 0.29) is 6.04 Å². The van der Waals surface area contributed by atoms with Gasteiger partial charge in [-0.15, -0.1) is 11.3 Å². The van der Waals surface area contributed by atoms with Crippen molar-refractivity contribution in [2.45, 2.75) is 19.4 Å². The van der Waals surface area contributed by atoms with Gasteiger partial charge in [0.2, 0.25) is 5.88 Å². The van der Waals surface area contributed by atoms with E-state index in [4.69, 9.17) is 10.5 Å². The van der Waals surface area contributed by atoms with Gasteiger partial charge in [0.1, 0.15) is 0 Å². The minimum absolute atomic E-state index is 0.135. The summed E-state index contributed by atoms with van der Waals surface area (Å²) in [6.07, 6.45) is 2.41. The van der Waals surface area contributed by atoms with Gasteiger partial charge in [-0.05, 0) is 13.0 Å². The van der Waals surface area contributed by atoms with Gasteiger partial charge in [-0.25, -0.2) is 9.97 Å². The highest BCUT2D eigenvalue weighted by Crippen LogP contribution is 2.24. The molecule has 4 nitrogen and oxygen atoms in total. The molecule has 0 aliphatic carbocycles. The minimum atomic E-state index is -0.135. The van der Waals surface area contributed by atoms with Gasteiger partial charge in [0.25, 0.3) is 0 Å². The number of nitrogens with zero attached hydrogens (tertiary/aromatic N) is 2. The lowest BCUT2D eigenvalue weighted by Gasteiger charge is -2.13. The number of methoxy groups -OCH3 is 1. The Labute approximate surface area is 104 Å². The van der Waals surface area contributed by atoms with E-state index in [1.165, 1.54) is 0 Å². The molecule has 17 heavy (non-hydrogen) atoms. The van der Waals surface area contributed by atoms with Crippen LogP contribution in [0, 0.1) is 6.92 Å². The molecule has 2 aromatic heterocycles. The fourth-order valence-corrected chi connectivity index (χ4v) is 2.48. The monoisotopic (exact) mass is 249 g/mol. The zero-order valence-electron chi connectivity index (χ0n) is 9.88. The van der Waals surface area contributed by atoms with Crippen molar-refractivity contribution in [3.05, 3.63) is 40.0 Å². The fourth-order valence-electron chi connectivity index (χ4n) is 1.65. The second kappa shape index (κ2) is 5.25. The zero-order valence-corrected chi connectivity index (χ0v) is 10.7. The number of nitrogens with two attached hydrogens (primary N) is 1. The third-order valence-corrected chi connectivity index (χ3v) is 3.44. The summed E-state index contributed by atoms with van der Waals surface area (Å²) in [4.78, 5) is 8.55. The highest BCUT2D eigenvalue weighted by atomic mass is 32.1. The van der Waals surface area contributed by atoms with Crippen LogP contribution in [0.5, 0.6) is 5.88 Å². The van der Waals surface area contributed by atoms with Crippen LogP contribution in [-0.2, 0) is 6.42 Å². The highest BCUT2D eigenvalue weighted by molar-refractivity contribution is 7.09.